The van der Waals surface area contributed by atoms with Crippen molar-refractivity contribution < 1.29 is 0 Å². The first-order valence-corrected chi connectivity index (χ1v) is 11.3. The third-order valence-corrected chi connectivity index (χ3v) is 5.03. The standard InChI is InChI=1S/3C8H18/c1-5-7(3)8(4)6-2;2*1-4-5-6-7-8(2)3/h7-8H,5-6H2,1-4H3;2*8H,4-7H2,1-3H3. The second-order valence-electron chi connectivity index (χ2n) is 8.55. The molecule has 0 aliphatic heterocycles. The molecular weight excluding hydrogens is 288 g/mol. The molecule has 0 aromatic carbocycles. The molecule has 0 nitrogen and oxygen atoms in total. The maximum atomic E-state index is 2.33. The molecule has 0 amide bonds. The molecule has 0 aliphatic carbocycles. The van der Waals surface area contributed by atoms with Crippen LogP contribution in [0.3, 0.4) is 0 Å². The van der Waals surface area contributed by atoms with Crippen molar-refractivity contribution in [2.75, 3.05) is 0 Å². The molecule has 0 bridgehead atoms. The van der Waals surface area contributed by atoms with E-state index in [0.717, 1.165) is 23.7 Å². The van der Waals surface area contributed by atoms with Crippen LogP contribution in [0.2, 0.25) is 0 Å². The van der Waals surface area contributed by atoms with Crippen molar-refractivity contribution in [1.82, 2.24) is 0 Å². The van der Waals surface area contributed by atoms with Crippen LogP contribution in [0.1, 0.15) is 133 Å². The second-order valence-corrected chi connectivity index (χ2v) is 8.55. The highest BCUT2D eigenvalue weighted by Crippen LogP contribution is 2.16. The van der Waals surface area contributed by atoms with E-state index >= 15 is 0 Å². The molecule has 0 heteroatoms. The van der Waals surface area contributed by atoms with Gasteiger partial charge in [0.2, 0.25) is 0 Å². The van der Waals surface area contributed by atoms with E-state index in [2.05, 4.69) is 69.2 Å². The fourth-order valence-corrected chi connectivity index (χ4v) is 2.41. The highest BCUT2D eigenvalue weighted by atomic mass is 14.1. The highest BCUT2D eigenvalue weighted by molar-refractivity contribution is 4.56. The average molecular weight is 343 g/mol. The first-order chi connectivity index (χ1) is 11.3. The maximum absolute atomic E-state index is 2.33. The zero-order valence-electron chi connectivity index (χ0n) is 19.4. The van der Waals surface area contributed by atoms with Gasteiger partial charge in [-0.25, -0.2) is 0 Å². The minimum absolute atomic E-state index is 0.904. The summed E-state index contributed by atoms with van der Waals surface area (Å²) in [6.07, 6.45) is 13.9. The summed E-state index contributed by atoms with van der Waals surface area (Å²) in [7, 11) is 0. The van der Waals surface area contributed by atoms with Gasteiger partial charge >= 0.3 is 0 Å². The minimum atomic E-state index is 0.904. The molecule has 2 atom stereocenters. The quantitative estimate of drug-likeness (QED) is 0.328. The highest BCUT2D eigenvalue weighted by Gasteiger charge is 2.05. The van der Waals surface area contributed by atoms with Crippen molar-refractivity contribution >= 4 is 0 Å². The lowest BCUT2D eigenvalue weighted by molar-refractivity contribution is 0.367. The van der Waals surface area contributed by atoms with Crippen molar-refractivity contribution in [2.45, 2.75) is 133 Å². The van der Waals surface area contributed by atoms with Gasteiger partial charge in [-0.2, -0.15) is 0 Å². The van der Waals surface area contributed by atoms with Gasteiger partial charge in [0.05, 0.1) is 0 Å². The second kappa shape index (κ2) is 23.0. The van der Waals surface area contributed by atoms with Crippen molar-refractivity contribution in [3.8, 4) is 0 Å². The van der Waals surface area contributed by atoms with Crippen LogP contribution >= 0.6 is 0 Å². The van der Waals surface area contributed by atoms with Crippen LogP contribution in [-0.4, -0.2) is 0 Å². The Labute approximate surface area is 157 Å². The summed E-state index contributed by atoms with van der Waals surface area (Å²) in [5.41, 5.74) is 0. The Kier molecular flexibility index (Phi) is 27.6. The van der Waals surface area contributed by atoms with Gasteiger partial charge in [0.15, 0.2) is 0 Å². The maximum Gasteiger partial charge on any atom is -0.0420 e. The van der Waals surface area contributed by atoms with Crippen molar-refractivity contribution in [2.24, 2.45) is 23.7 Å². The minimum Gasteiger partial charge on any atom is -0.0654 e. The number of hydrogen-bond donors (Lipinski definition) is 0. The topological polar surface area (TPSA) is 0 Å². The normalized spacial score (nSPS) is 13.0. The first-order valence-electron chi connectivity index (χ1n) is 11.3. The lowest BCUT2D eigenvalue weighted by Gasteiger charge is -2.14. The Morgan fingerprint density at radius 1 is 0.458 bits per heavy atom. The van der Waals surface area contributed by atoms with Crippen molar-refractivity contribution in [3.63, 3.8) is 0 Å². The van der Waals surface area contributed by atoms with Crippen molar-refractivity contribution in [1.29, 1.82) is 0 Å². The first kappa shape index (κ1) is 28.8. The van der Waals surface area contributed by atoms with E-state index in [-0.39, 0.29) is 0 Å². The fourth-order valence-electron chi connectivity index (χ4n) is 2.41. The van der Waals surface area contributed by atoms with Crippen molar-refractivity contribution in [3.05, 3.63) is 0 Å². The summed E-state index contributed by atoms with van der Waals surface area (Å²) < 4.78 is 0. The van der Waals surface area contributed by atoms with Gasteiger partial charge in [-0.15, -0.1) is 0 Å². The summed E-state index contributed by atoms with van der Waals surface area (Å²) in [5.74, 6) is 3.64. The summed E-state index contributed by atoms with van der Waals surface area (Å²) in [6, 6.07) is 0. The predicted octanol–water partition coefficient (Wildman–Crippen LogP) is 9.52. The van der Waals surface area contributed by atoms with Gasteiger partial charge in [-0.05, 0) is 23.7 Å². The number of rotatable bonds is 11. The third-order valence-electron chi connectivity index (χ3n) is 5.03. The molecule has 24 heavy (non-hydrogen) atoms. The summed E-state index contributed by atoms with van der Waals surface area (Å²) >= 11 is 0. The fraction of sp³-hybridized carbons (Fsp3) is 1.00. The van der Waals surface area contributed by atoms with E-state index in [0.29, 0.717) is 0 Å². The summed E-state index contributed by atoms with van der Waals surface area (Å²) in [6.45, 7) is 22.8. The van der Waals surface area contributed by atoms with Crippen LogP contribution < -0.4 is 0 Å². The van der Waals surface area contributed by atoms with E-state index < -0.39 is 0 Å². The molecule has 0 aromatic heterocycles. The van der Waals surface area contributed by atoms with E-state index in [1.165, 1.54) is 64.2 Å². The van der Waals surface area contributed by atoms with Crippen LogP contribution in [0.5, 0.6) is 0 Å². The van der Waals surface area contributed by atoms with Crippen LogP contribution in [-0.2, 0) is 0 Å². The Morgan fingerprint density at radius 3 is 0.917 bits per heavy atom. The smallest absolute Gasteiger partial charge is 0.0420 e. The zero-order chi connectivity index (χ0) is 19.4. The third kappa shape index (κ3) is 29.9. The monoisotopic (exact) mass is 342 g/mol. The summed E-state index contributed by atoms with van der Waals surface area (Å²) in [5, 5.41) is 0. The molecule has 0 rings (SSSR count). The van der Waals surface area contributed by atoms with E-state index in [4.69, 9.17) is 0 Å². The SMILES string of the molecule is CCC(C)C(C)CC.CCCCCC(C)C.CCCCCC(C)C. The summed E-state index contributed by atoms with van der Waals surface area (Å²) in [4.78, 5) is 0. The predicted molar refractivity (Wildman–Crippen MR) is 117 cm³/mol. The van der Waals surface area contributed by atoms with E-state index in [9.17, 15) is 0 Å². The molecule has 150 valence electrons. The van der Waals surface area contributed by atoms with E-state index in [1.807, 2.05) is 0 Å². The molecule has 0 heterocycles. The van der Waals surface area contributed by atoms with Gasteiger partial charge in [0.25, 0.3) is 0 Å². The van der Waals surface area contributed by atoms with Gasteiger partial charge < -0.3 is 0 Å². The van der Waals surface area contributed by atoms with Crippen LogP contribution in [0.4, 0.5) is 0 Å². The largest absolute Gasteiger partial charge is 0.0654 e. The van der Waals surface area contributed by atoms with Crippen LogP contribution in [0, 0.1) is 23.7 Å². The van der Waals surface area contributed by atoms with Crippen LogP contribution in [0.15, 0.2) is 0 Å². The molecule has 0 N–H and O–H groups in total. The Hall–Kier alpha value is 0. The van der Waals surface area contributed by atoms with Gasteiger partial charge in [-0.3, -0.25) is 0 Å². The van der Waals surface area contributed by atoms with Crippen LogP contribution in [0.25, 0.3) is 0 Å². The molecule has 0 aromatic rings. The average Bonchev–Trinajstić information content (AvgIpc) is 2.54. The molecule has 0 saturated heterocycles. The Balaban J connectivity index is -0.000000276. The Bertz CT molecular complexity index is 170. The lowest BCUT2D eigenvalue weighted by atomic mass is 9.92. The van der Waals surface area contributed by atoms with Gasteiger partial charge in [-0.1, -0.05) is 133 Å². The molecule has 2 unspecified atom stereocenters. The molecule has 0 spiro atoms. The van der Waals surface area contributed by atoms with Gasteiger partial charge in [0, 0.05) is 0 Å². The lowest BCUT2D eigenvalue weighted by Crippen LogP contribution is -2.04. The molecule has 0 aliphatic rings. The molecule has 0 fully saturated rings. The molecule has 0 saturated carbocycles. The zero-order valence-corrected chi connectivity index (χ0v) is 19.4. The Morgan fingerprint density at radius 2 is 0.750 bits per heavy atom. The number of hydrogen-bond acceptors (Lipinski definition) is 0. The molecule has 0 radical (unpaired) electrons. The van der Waals surface area contributed by atoms with E-state index in [1.54, 1.807) is 0 Å². The molecular formula is C24H54. The van der Waals surface area contributed by atoms with Gasteiger partial charge in [0.1, 0.15) is 0 Å². The number of unbranched alkanes of at least 4 members (excludes halogenated alkanes) is 4.